The van der Waals surface area contributed by atoms with E-state index in [1.807, 2.05) is 0 Å². The lowest BCUT2D eigenvalue weighted by molar-refractivity contribution is -0.140. The normalized spacial score (nSPS) is 11.8. The van der Waals surface area contributed by atoms with E-state index in [2.05, 4.69) is 20.0 Å². The van der Waals surface area contributed by atoms with Crippen molar-refractivity contribution in [3.05, 3.63) is 115 Å². The maximum absolute atomic E-state index is 12.6. The van der Waals surface area contributed by atoms with E-state index < -0.39 is 11.1 Å². The summed E-state index contributed by atoms with van der Waals surface area (Å²) in [6.45, 7) is 0.466. The quantitative estimate of drug-likeness (QED) is 0.211. The molecular weight excluding hydrogens is 502 g/mol. The molecule has 0 bridgehead atoms. The largest absolute Gasteiger partial charge is 0.494 e. The average Bonchev–Trinajstić information content (AvgIpc) is 3.48. The number of hydrogen-bond acceptors (Lipinski definition) is 7. The van der Waals surface area contributed by atoms with Gasteiger partial charge in [-0.1, -0.05) is 24.3 Å². The minimum atomic E-state index is -0.456. The van der Waals surface area contributed by atoms with E-state index >= 15 is 0 Å². The molecule has 2 aromatic carbocycles. The Morgan fingerprint density at radius 1 is 0.872 bits per heavy atom. The van der Waals surface area contributed by atoms with Crippen molar-refractivity contribution in [1.29, 1.82) is 0 Å². The Hall–Kier alpha value is -5.12. The summed E-state index contributed by atoms with van der Waals surface area (Å²) in [7, 11) is 1.36. The minimum Gasteiger partial charge on any atom is -0.494 e. The zero-order valence-electron chi connectivity index (χ0n) is 21.2. The van der Waals surface area contributed by atoms with Crippen LogP contribution in [0.3, 0.4) is 0 Å². The van der Waals surface area contributed by atoms with Crippen molar-refractivity contribution in [1.82, 2.24) is 9.97 Å². The summed E-state index contributed by atoms with van der Waals surface area (Å²) in [4.78, 5) is 53.7. The Labute approximate surface area is 222 Å². The van der Waals surface area contributed by atoms with Crippen LogP contribution in [0.2, 0.25) is 0 Å². The fraction of sp³-hybridized carbons (Fsp3) is 0.172. The first kappa shape index (κ1) is 26.9. The van der Waals surface area contributed by atoms with Crippen molar-refractivity contribution in [2.24, 2.45) is 0 Å². The number of nitrogens with one attached hydrogen (secondary N) is 3. The second kappa shape index (κ2) is 12.9. The van der Waals surface area contributed by atoms with Gasteiger partial charge in [-0.2, -0.15) is 0 Å². The van der Waals surface area contributed by atoms with Crippen molar-refractivity contribution in [2.75, 3.05) is 19.0 Å². The molecule has 0 aliphatic carbocycles. The molecule has 0 fully saturated rings. The van der Waals surface area contributed by atoms with Crippen LogP contribution in [0.5, 0.6) is 5.75 Å². The molecule has 200 valence electrons. The lowest BCUT2D eigenvalue weighted by Crippen LogP contribution is -2.46. The number of carbonyl (C=O) groups excluding carboxylic acids is 2. The lowest BCUT2D eigenvalue weighted by Gasteiger charge is -2.06. The van der Waals surface area contributed by atoms with E-state index in [4.69, 9.17) is 9.15 Å². The van der Waals surface area contributed by atoms with Crippen LogP contribution in [0.15, 0.2) is 80.9 Å². The predicted octanol–water partition coefficient (Wildman–Crippen LogP) is 2.29. The number of aromatic amines is 2. The van der Waals surface area contributed by atoms with Gasteiger partial charge in [-0.05, 0) is 72.5 Å². The highest BCUT2D eigenvalue weighted by Gasteiger charge is 2.08. The third-order valence-electron chi connectivity index (χ3n) is 5.67. The fourth-order valence-electron chi connectivity index (χ4n) is 3.62. The molecule has 0 atom stereocenters. The van der Waals surface area contributed by atoms with E-state index in [0.29, 0.717) is 42.0 Å². The summed E-state index contributed by atoms with van der Waals surface area (Å²) >= 11 is 0. The van der Waals surface area contributed by atoms with Gasteiger partial charge in [-0.25, -0.2) is 0 Å². The maximum atomic E-state index is 12.6. The van der Waals surface area contributed by atoms with Crippen LogP contribution >= 0.6 is 0 Å². The monoisotopic (exact) mass is 529 g/mol. The van der Waals surface area contributed by atoms with Crippen molar-refractivity contribution in [3.8, 4) is 5.75 Å². The number of esters is 1. The average molecular weight is 530 g/mol. The summed E-state index contributed by atoms with van der Waals surface area (Å²) in [5.74, 6) is 0.236. The number of ether oxygens (including phenoxy) is 2. The van der Waals surface area contributed by atoms with Crippen LogP contribution in [-0.4, -0.2) is 35.6 Å². The highest BCUT2D eigenvalue weighted by molar-refractivity contribution is 6.02. The zero-order valence-corrected chi connectivity index (χ0v) is 21.2. The van der Waals surface area contributed by atoms with Gasteiger partial charge in [0, 0.05) is 12.1 Å². The molecule has 39 heavy (non-hydrogen) atoms. The standard InChI is InChI=1S/C29H27N3O7/c1-37-26(33)6-2-3-15-38-22-13-9-20(10-14-22)18-24-28(35)31-23(27(34)32-24)17-19-7-11-21(12-8-19)30-29(36)25-5-4-16-39-25/h4-5,7-14,16-18H,2-3,6,15H2,1H3,(H,30,36)(H,31,35)(H,32,34)/b23-17-,24-18-. The second-order valence-electron chi connectivity index (χ2n) is 8.53. The van der Waals surface area contributed by atoms with Gasteiger partial charge in [-0.15, -0.1) is 0 Å². The molecule has 0 unspecified atom stereocenters. The third-order valence-corrected chi connectivity index (χ3v) is 5.67. The van der Waals surface area contributed by atoms with Crippen molar-refractivity contribution in [2.45, 2.75) is 19.3 Å². The SMILES string of the molecule is COC(=O)CCCCOc1ccc(/C=c2\[nH]c(=O)/c(=C/c3ccc(NC(=O)c4ccco4)cc3)[nH]c2=O)cc1. The summed E-state index contributed by atoms with van der Waals surface area (Å²) in [5, 5.41) is 2.92. The molecular formula is C29H27N3O7. The number of rotatable bonds is 10. The topological polar surface area (TPSA) is 143 Å². The smallest absolute Gasteiger partial charge is 0.305 e. The highest BCUT2D eigenvalue weighted by Crippen LogP contribution is 2.14. The number of hydrogen-bond donors (Lipinski definition) is 3. The number of amides is 1. The molecule has 0 spiro atoms. The lowest BCUT2D eigenvalue weighted by atomic mass is 10.2. The fourth-order valence-corrected chi connectivity index (χ4v) is 3.62. The number of anilines is 1. The Kier molecular flexibility index (Phi) is 8.91. The number of H-pyrrole nitrogens is 2. The number of methoxy groups -OCH3 is 1. The van der Waals surface area contributed by atoms with Crippen LogP contribution in [-0.2, 0) is 9.53 Å². The first-order valence-electron chi connectivity index (χ1n) is 12.2. The van der Waals surface area contributed by atoms with Crippen molar-refractivity contribution in [3.63, 3.8) is 0 Å². The molecule has 10 heteroatoms. The molecule has 0 saturated carbocycles. The van der Waals surface area contributed by atoms with Gasteiger partial charge in [0.05, 0.1) is 20.0 Å². The highest BCUT2D eigenvalue weighted by atomic mass is 16.5. The first-order chi connectivity index (χ1) is 18.9. The number of furan rings is 1. The Balaban J connectivity index is 1.41. The van der Waals surface area contributed by atoms with Crippen LogP contribution < -0.4 is 31.9 Å². The van der Waals surface area contributed by atoms with E-state index in [0.717, 1.165) is 6.42 Å². The molecule has 0 saturated heterocycles. The molecule has 10 nitrogen and oxygen atoms in total. The molecule has 4 aromatic rings. The Morgan fingerprint density at radius 3 is 2.05 bits per heavy atom. The van der Waals surface area contributed by atoms with Gasteiger partial charge < -0.3 is 29.2 Å². The Bertz CT molecular complexity index is 1650. The molecule has 2 heterocycles. The second-order valence-corrected chi connectivity index (χ2v) is 8.53. The van der Waals surface area contributed by atoms with E-state index in [1.54, 1.807) is 72.8 Å². The zero-order chi connectivity index (χ0) is 27.6. The molecule has 0 aliphatic heterocycles. The van der Waals surface area contributed by atoms with Crippen LogP contribution in [0, 0.1) is 0 Å². The Morgan fingerprint density at radius 2 is 1.49 bits per heavy atom. The third kappa shape index (κ3) is 7.68. The summed E-state index contributed by atoms with van der Waals surface area (Å²) in [5.41, 5.74) is 1.01. The van der Waals surface area contributed by atoms with Crippen LogP contribution in [0.4, 0.5) is 5.69 Å². The van der Waals surface area contributed by atoms with Crippen molar-refractivity contribution >= 4 is 29.7 Å². The maximum Gasteiger partial charge on any atom is 0.305 e. The molecule has 0 radical (unpaired) electrons. The predicted molar refractivity (Wildman–Crippen MR) is 145 cm³/mol. The molecule has 0 aliphatic rings. The van der Waals surface area contributed by atoms with Crippen molar-refractivity contribution < 1.29 is 23.5 Å². The summed E-state index contributed by atoms with van der Waals surface area (Å²) in [6, 6.07) is 17.0. The molecule has 2 aromatic heterocycles. The van der Waals surface area contributed by atoms with Gasteiger partial charge in [0.2, 0.25) is 0 Å². The van der Waals surface area contributed by atoms with E-state index in [-0.39, 0.29) is 28.3 Å². The van der Waals surface area contributed by atoms with Gasteiger partial charge in [0.15, 0.2) is 5.76 Å². The van der Waals surface area contributed by atoms with E-state index in [9.17, 15) is 19.2 Å². The minimum absolute atomic E-state index is 0.0977. The number of unbranched alkanes of at least 4 members (excludes halogenated alkanes) is 1. The summed E-state index contributed by atoms with van der Waals surface area (Å²) < 4.78 is 15.3. The molecule has 4 rings (SSSR count). The van der Waals surface area contributed by atoms with Crippen LogP contribution in [0.1, 0.15) is 40.9 Å². The molecule has 3 N–H and O–H groups in total. The summed E-state index contributed by atoms with van der Waals surface area (Å²) in [6.07, 6.45) is 6.28. The first-order valence-corrected chi connectivity index (χ1v) is 12.2. The number of benzene rings is 2. The number of carbonyl (C=O) groups is 2. The van der Waals surface area contributed by atoms with Gasteiger partial charge in [0.25, 0.3) is 17.0 Å². The molecule has 1 amide bonds. The van der Waals surface area contributed by atoms with Gasteiger partial charge in [-0.3, -0.25) is 19.2 Å². The van der Waals surface area contributed by atoms with Crippen LogP contribution in [0.25, 0.3) is 12.2 Å². The van der Waals surface area contributed by atoms with Gasteiger partial charge >= 0.3 is 5.97 Å². The number of aromatic nitrogens is 2. The van der Waals surface area contributed by atoms with Gasteiger partial charge in [0.1, 0.15) is 16.4 Å². The van der Waals surface area contributed by atoms with E-state index in [1.165, 1.54) is 13.4 Å².